The Morgan fingerprint density at radius 3 is 1.00 bits per heavy atom. The van der Waals surface area contributed by atoms with Crippen molar-refractivity contribution in [2.75, 3.05) is 13.2 Å². The first kappa shape index (κ1) is 69.3. The second kappa shape index (κ2) is 60.9. The third kappa shape index (κ3) is 57.5. The molecule has 2 unspecified atom stereocenters. The Hall–Kier alpha value is -1.66. The predicted octanol–water partition coefficient (Wildman–Crippen LogP) is 20.2. The van der Waals surface area contributed by atoms with Crippen LogP contribution < -0.4 is 5.32 Å². The van der Waals surface area contributed by atoms with E-state index < -0.39 is 12.1 Å². The zero-order valence-corrected chi connectivity index (χ0v) is 48.0. The lowest BCUT2D eigenvalue weighted by Crippen LogP contribution is -2.45. The Bertz CT molecular complexity index is 1110. The number of esters is 1. The molecule has 0 aliphatic carbocycles. The van der Waals surface area contributed by atoms with Crippen molar-refractivity contribution in [1.29, 1.82) is 0 Å². The summed E-state index contributed by atoms with van der Waals surface area (Å²) >= 11 is 0. The molecule has 0 heterocycles. The van der Waals surface area contributed by atoms with E-state index in [-0.39, 0.29) is 18.5 Å². The number of ether oxygens (including phenoxy) is 1. The number of amides is 1. The van der Waals surface area contributed by atoms with E-state index in [0.29, 0.717) is 19.4 Å². The number of allylic oxidation sites excluding steroid dienone is 3. The minimum atomic E-state index is -0.850. The van der Waals surface area contributed by atoms with Gasteiger partial charge in [0.1, 0.15) is 0 Å². The van der Waals surface area contributed by atoms with E-state index in [0.717, 1.165) is 44.9 Å². The van der Waals surface area contributed by atoms with Crippen LogP contribution in [0.5, 0.6) is 0 Å². The van der Waals surface area contributed by atoms with Crippen molar-refractivity contribution in [2.45, 2.75) is 366 Å². The second-order valence-electron chi connectivity index (χ2n) is 22.1. The Morgan fingerprint density at radius 1 is 0.380 bits per heavy atom. The molecular formula is C65H125NO5. The molecule has 0 fully saturated rings. The van der Waals surface area contributed by atoms with E-state index in [1.165, 1.54) is 283 Å². The van der Waals surface area contributed by atoms with E-state index in [9.17, 15) is 19.8 Å². The highest BCUT2D eigenvalue weighted by molar-refractivity contribution is 5.76. The smallest absolute Gasteiger partial charge is 0.305 e. The van der Waals surface area contributed by atoms with Crippen LogP contribution in [0.3, 0.4) is 0 Å². The van der Waals surface area contributed by atoms with Crippen LogP contribution in [0.25, 0.3) is 0 Å². The van der Waals surface area contributed by atoms with Gasteiger partial charge in [0.2, 0.25) is 5.91 Å². The summed E-state index contributed by atoms with van der Waals surface area (Å²) in [6.45, 7) is 4.91. The maximum atomic E-state index is 12.5. The first-order chi connectivity index (χ1) is 35.0. The van der Waals surface area contributed by atoms with Crippen LogP contribution in [0.15, 0.2) is 24.3 Å². The molecular weight excluding hydrogens is 875 g/mol. The van der Waals surface area contributed by atoms with Gasteiger partial charge >= 0.3 is 5.97 Å². The maximum absolute atomic E-state index is 12.5. The number of hydrogen-bond donors (Lipinski definition) is 3. The summed E-state index contributed by atoms with van der Waals surface area (Å²) in [5.41, 5.74) is 0. The zero-order chi connectivity index (χ0) is 51.4. The molecule has 3 N–H and O–H groups in total. The molecule has 420 valence electrons. The van der Waals surface area contributed by atoms with Crippen LogP contribution in [0, 0.1) is 0 Å². The molecule has 2 atom stereocenters. The quantitative estimate of drug-likeness (QED) is 0.0320. The van der Waals surface area contributed by atoms with Gasteiger partial charge < -0.3 is 20.3 Å². The van der Waals surface area contributed by atoms with Crippen molar-refractivity contribution in [3.63, 3.8) is 0 Å². The standard InChI is InChI=1S/C65H125NO5/c1-3-5-7-9-11-13-15-17-19-21-23-24-25-29-33-37-41-45-49-53-57-63(68)62(61-67)66-64(69)58-54-50-46-42-38-34-30-27-28-32-36-40-44-48-52-56-60-71-65(70)59-55-51-47-43-39-35-31-26-22-20-18-16-14-12-10-8-6-4-2/h20,22,53,57,62-63,67-68H,3-19,21,23-52,54-56,58-61H2,1-2H3,(H,66,69)/b22-20-,57-53+. The molecule has 0 bridgehead atoms. The monoisotopic (exact) mass is 1000 g/mol. The summed E-state index contributed by atoms with van der Waals surface area (Å²) in [4.78, 5) is 24.6. The average molecular weight is 1000 g/mol. The van der Waals surface area contributed by atoms with Crippen LogP contribution in [-0.2, 0) is 14.3 Å². The van der Waals surface area contributed by atoms with Crippen molar-refractivity contribution < 1.29 is 24.5 Å². The van der Waals surface area contributed by atoms with Gasteiger partial charge in [-0.1, -0.05) is 308 Å². The van der Waals surface area contributed by atoms with E-state index in [2.05, 4.69) is 31.3 Å². The molecule has 0 aromatic rings. The van der Waals surface area contributed by atoms with Gasteiger partial charge in [-0.2, -0.15) is 0 Å². The minimum Gasteiger partial charge on any atom is -0.466 e. The highest BCUT2D eigenvalue weighted by Gasteiger charge is 2.18. The van der Waals surface area contributed by atoms with Crippen LogP contribution in [0.2, 0.25) is 0 Å². The van der Waals surface area contributed by atoms with Crippen molar-refractivity contribution >= 4 is 11.9 Å². The molecule has 0 aromatic heterocycles. The number of unbranched alkanes of at least 4 members (excludes halogenated alkanes) is 47. The molecule has 0 spiro atoms. The lowest BCUT2D eigenvalue weighted by atomic mass is 10.0. The van der Waals surface area contributed by atoms with E-state index in [1.54, 1.807) is 6.08 Å². The third-order valence-electron chi connectivity index (χ3n) is 15.0. The fourth-order valence-corrected chi connectivity index (χ4v) is 10.0. The normalized spacial score (nSPS) is 12.7. The van der Waals surface area contributed by atoms with Crippen molar-refractivity contribution in [3.8, 4) is 0 Å². The first-order valence-corrected chi connectivity index (χ1v) is 32.1. The molecule has 0 aromatic carbocycles. The van der Waals surface area contributed by atoms with Crippen LogP contribution >= 0.6 is 0 Å². The van der Waals surface area contributed by atoms with Crippen LogP contribution in [-0.4, -0.2) is 47.4 Å². The van der Waals surface area contributed by atoms with Gasteiger partial charge in [-0.25, -0.2) is 0 Å². The zero-order valence-electron chi connectivity index (χ0n) is 48.0. The van der Waals surface area contributed by atoms with Gasteiger partial charge in [-0.05, 0) is 57.8 Å². The summed E-state index contributed by atoms with van der Waals surface area (Å²) in [6, 6.07) is -0.634. The SMILES string of the molecule is CCCCCCCCC/C=C\CCCCCCCCCC(=O)OCCCCCCCCCCCCCCCCCCC(=O)NC(CO)C(O)/C=C/CCCCCCCCCCCCCCCCCCCC. The van der Waals surface area contributed by atoms with Crippen LogP contribution in [0.4, 0.5) is 0 Å². The summed E-state index contributed by atoms with van der Waals surface area (Å²) in [7, 11) is 0. The molecule has 0 saturated heterocycles. The molecule has 6 heteroatoms. The van der Waals surface area contributed by atoms with Crippen LogP contribution in [0.1, 0.15) is 354 Å². The third-order valence-corrected chi connectivity index (χ3v) is 15.0. The summed E-state index contributed by atoms with van der Waals surface area (Å²) in [5, 5.41) is 23.2. The topological polar surface area (TPSA) is 95.9 Å². The predicted molar refractivity (Wildman–Crippen MR) is 310 cm³/mol. The molecule has 0 aliphatic heterocycles. The number of carbonyl (C=O) groups excluding carboxylic acids is 2. The second-order valence-corrected chi connectivity index (χ2v) is 22.1. The Balaban J connectivity index is 3.44. The Morgan fingerprint density at radius 2 is 0.662 bits per heavy atom. The van der Waals surface area contributed by atoms with Gasteiger partial charge in [0, 0.05) is 12.8 Å². The van der Waals surface area contributed by atoms with Crippen molar-refractivity contribution in [3.05, 3.63) is 24.3 Å². The maximum Gasteiger partial charge on any atom is 0.305 e. The fraction of sp³-hybridized carbons (Fsp3) is 0.908. The van der Waals surface area contributed by atoms with Gasteiger partial charge in [-0.3, -0.25) is 9.59 Å². The van der Waals surface area contributed by atoms with Gasteiger partial charge in [0.25, 0.3) is 0 Å². The molecule has 71 heavy (non-hydrogen) atoms. The largest absolute Gasteiger partial charge is 0.466 e. The van der Waals surface area contributed by atoms with Gasteiger partial charge in [-0.15, -0.1) is 0 Å². The van der Waals surface area contributed by atoms with E-state index in [4.69, 9.17) is 4.74 Å². The number of rotatable bonds is 60. The summed E-state index contributed by atoms with van der Waals surface area (Å²) in [6.07, 6.45) is 75.0. The number of carbonyl (C=O) groups is 2. The van der Waals surface area contributed by atoms with E-state index >= 15 is 0 Å². The van der Waals surface area contributed by atoms with Gasteiger partial charge in [0.05, 0.1) is 25.4 Å². The molecule has 0 aliphatic rings. The molecule has 0 radical (unpaired) electrons. The first-order valence-electron chi connectivity index (χ1n) is 32.1. The number of nitrogens with one attached hydrogen (secondary N) is 1. The number of aliphatic hydroxyl groups excluding tert-OH is 2. The lowest BCUT2D eigenvalue weighted by molar-refractivity contribution is -0.143. The molecule has 1 amide bonds. The lowest BCUT2D eigenvalue weighted by Gasteiger charge is -2.20. The van der Waals surface area contributed by atoms with Crippen molar-refractivity contribution in [1.82, 2.24) is 5.32 Å². The van der Waals surface area contributed by atoms with E-state index in [1.807, 2.05) is 6.08 Å². The number of aliphatic hydroxyl groups is 2. The van der Waals surface area contributed by atoms with Crippen molar-refractivity contribution in [2.24, 2.45) is 0 Å². The number of hydrogen-bond acceptors (Lipinski definition) is 5. The summed E-state index contributed by atoms with van der Waals surface area (Å²) < 4.78 is 5.49. The Kier molecular flexibility index (Phi) is 59.5. The average Bonchev–Trinajstić information content (AvgIpc) is 3.37. The molecule has 0 saturated carbocycles. The minimum absolute atomic E-state index is 0.0000263. The van der Waals surface area contributed by atoms with Gasteiger partial charge in [0.15, 0.2) is 0 Å². The molecule has 0 rings (SSSR count). The molecule has 6 nitrogen and oxygen atoms in total. The fourth-order valence-electron chi connectivity index (χ4n) is 10.0. The Labute approximate surface area is 443 Å². The highest BCUT2D eigenvalue weighted by Crippen LogP contribution is 2.18. The highest BCUT2D eigenvalue weighted by atomic mass is 16.5. The summed E-state index contributed by atoms with van der Waals surface area (Å²) in [5.74, 6) is -0.0716.